The molecule has 27 heavy (non-hydrogen) atoms. The van der Waals surface area contributed by atoms with E-state index in [1.54, 1.807) is 0 Å². The molecule has 4 nitrogen and oxygen atoms in total. The highest BCUT2D eigenvalue weighted by Crippen LogP contribution is 2.38. The Hall–Kier alpha value is -1.39. The third-order valence-corrected chi connectivity index (χ3v) is 6.98. The minimum atomic E-state index is 0.521. The first-order valence-electron chi connectivity index (χ1n) is 11.0. The first-order chi connectivity index (χ1) is 13.2. The van der Waals surface area contributed by atoms with E-state index < -0.39 is 0 Å². The average molecular weight is 368 g/mol. The summed E-state index contributed by atoms with van der Waals surface area (Å²) in [4.78, 5) is 2.81. The maximum Gasteiger partial charge on any atom is 0.0711 e. The van der Waals surface area contributed by atoms with Crippen molar-refractivity contribution < 1.29 is 4.74 Å². The summed E-state index contributed by atoms with van der Waals surface area (Å²) in [5.74, 6) is 1.49. The zero-order valence-electron chi connectivity index (χ0n) is 16.8. The van der Waals surface area contributed by atoms with E-state index in [0.29, 0.717) is 12.0 Å². The second kappa shape index (κ2) is 7.21. The van der Waals surface area contributed by atoms with Gasteiger partial charge in [-0.1, -0.05) is 25.1 Å². The number of hydrogen-bond acceptors (Lipinski definition) is 3. The molecule has 0 spiro atoms. The molecule has 0 amide bonds. The van der Waals surface area contributed by atoms with Crippen LogP contribution in [0.25, 0.3) is 10.9 Å². The monoisotopic (exact) mass is 367 g/mol. The molecule has 0 N–H and O–H groups in total. The van der Waals surface area contributed by atoms with Crippen LogP contribution in [-0.2, 0) is 11.3 Å². The molecule has 1 aromatic carbocycles. The lowest BCUT2D eigenvalue weighted by Gasteiger charge is -2.40. The molecule has 0 radical (unpaired) electrons. The summed E-state index contributed by atoms with van der Waals surface area (Å²) >= 11 is 0. The standard InChI is InChI=1S/C23H33N3O/c1-16(14-26-23-17(2)4-3-5-19(23)12-24-26)13-25-20-8-9-21(25)11-22(10-20)27-15-18-6-7-18/h3-5,12,16,18,20-22H,6-11,13-15H2,1-2H3. The van der Waals surface area contributed by atoms with Crippen LogP contribution in [0.5, 0.6) is 0 Å². The van der Waals surface area contributed by atoms with E-state index in [1.165, 1.54) is 61.5 Å². The number of benzene rings is 1. The summed E-state index contributed by atoms with van der Waals surface area (Å²) in [6.45, 7) is 7.80. The molecule has 5 rings (SSSR count). The molecule has 146 valence electrons. The van der Waals surface area contributed by atoms with E-state index >= 15 is 0 Å². The minimum absolute atomic E-state index is 0.521. The van der Waals surface area contributed by atoms with Crippen LogP contribution in [0.3, 0.4) is 0 Å². The van der Waals surface area contributed by atoms with Crippen LogP contribution in [0.15, 0.2) is 24.4 Å². The second-order valence-corrected chi connectivity index (χ2v) is 9.40. The first-order valence-corrected chi connectivity index (χ1v) is 11.0. The highest BCUT2D eigenvalue weighted by Gasteiger charge is 2.41. The SMILES string of the molecule is Cc1cccc2cnn(CC(C)CN3C4CCC3CC(OCC3CC3)C4)c12. The van der Waals surface area contributed by atoms with Crippen LogP contribution in [0.4, 0.5) is 0 Å². The molecule has 3 fully saturated rings. The van der Waals surface area contributed by atoms with Crippen molar-refractivity contribution in [2.24, 2.45) is 11.8 Å². The fourth-order valence-corrected chi connectivity index (χ4v) is 5.39. The lowest BCUT2D eigenvalue weighted by Crippen LogP contribution is -2.47. The maximum atomic E-state index is 6.25. The van der Waals surface area contributed by atoms with Crippen LogP contribution >= 0.6 is 0 Å². The summed E-state index contributed by atoms with van der Waals surface area (Å²) in [5.41, 5.74) is 2.63. The van der Waals surface area contributed by atoms with Gasteiger partial charge < -0.3 is 4.74 Å². The zero-order valence-corrected chi connectivity index (χ0v) is 16.8. The minimum Gasteiger partial charge on any atom is -0.378 e. The summed E-state index contributed by atoms with van der Waals surface area (Å²) in [6, 6.07) is 7.97. The quantitative estimate of drug-likeness (QED) is 0.726. The highest BCUT2D eigenvalue weighted by molar-refractivity contribution is 5.81. The Bertz CT molecular complexity index is 782. The molecule has 3 heterocycles. The van der Waals surface area contributed by atoms with Crippen molar-refractivity contribution in [2.45, 2.75) is 77.1 Å². The average Bonchev–Trinajstić information content (AvgIpc) is 3.35. The van der Waals surface area contributed by atoms with Crippen LogP contribution in [-0.4, -0.2) is 46.0 Å². The number of hydrogen-bond donors (Lipinski definition) is 0. The number of aryl methyl sites for hydroxylation is 1. The van der Waals surface area contributed by atoms with Gasteiger partial charge in [0.1, 0.15) is 0 Å². The van der Waals surface area contributed by atoms with Gasteiger partial charge in [0.2, 0.25) is 0 Å². The Morgan fingerprint density at radius 3 is 2.63 bits per heavy atom. The zero-order chi connectivity index (χ0) is 18.4. The topological polar surface area (TPSA) is 30.3 Å². The van der Waals surface area contributed by atoms with Crippen molar-refractivity contribution in [3.8, 4) is 0 Å². The van der Waals surface area contributed by atoms with Crippen LogP contribution in [0.2, 0.25) is 0 Å². The number of rotatable bonds is 7. The molecule has 3 atom stereocenters. The smallest absolute Gasteiger partial charge is 0.0711 e. The molecular formula is C23H33N3O. The third kappa shape index (κ3) is 3.66. The first kappa shape index (κ1) is 17.7. The van der Waals surface area contributed by atoms with Gasteiger partial charge in [-0.15, -0.1) is 0 Å². The number of aromatic nitrogens is 2. The Morgan fingerprint density at radius 1 is 1.11 bits per heavy atom. The molecule has 2 saturated heterocycles. The van der Waals surface area contributed by atoms with Crippen LogP contribution < -0.4 is 0 Å². The van der Waals surface area contributed by atoms with Crippen molar-refractivity contribution >= 4 is 10.9 Å². The van der Waals surface area contributed by atoms with Gasteiger partial charge in [0.15, 0.2) is 0 Å². The normalized spacial score (nSPS) is 29.5. The van der Waals surface area contributed by atoms with Gasteiger partial charge in [-0.3, -0.25) is 9.58 Å². The Kier molecular flexibility index (Phi) is 4.73. The van der Waals surface area contributed by atoms with Gasteiger partial charge >= 0.3 is 0 Å². The number of ether oxygens (including phenoxy) is 1. The van der Waals surface area contributed by atoms with Crippen LogP contribution in [0, 0.1) is 18.8 Å². The Balaban J connectivity index is 1.20. The summed E-state index contributed by atoms with van der Waals surface area (Å²) in [5, 5.41) is 5.94. The van der Waals surface area contributed by atoms with Crippen molar-refractivity contribution in [1.82, 2.24) is 14.7 Å². The van der Waals surface area contributed by atoms with E-state index in [0.717, 1.165) is 31.2 Å². The largest absolute Gasteiger partial charge is 0.378 e. The third-order valence-electron chi connectivity index (χ3n) is 6.98. The molecular weight excluding hydrogens is 334 g/mol. The van der Waals surface area contributed by atoms with Crippen molar-refractivity contribution in [3.05, 3.63) is 30.0 Å². The molecule has 1 aromatic heterocycles. The second-order valence-electron chi connectivity index (χ2n) is 9.40. The van der Waals surface area contributed by atoms with Crippen molar-refractivity contribution in [3.63, 3.8) is 0 Å². The highest BCUT2D eigenvalue weighted by atomic mass is 16.5. The Labute approximate surface area is 162 Å². The molecule has 2 aromatic rings. The lowest BCUT2D eigenvalue weighted by molar-refractivity contribution is -0.0276. The van der Waals surface area contributed by atoms with Gasteiger partial charge in [0.05, 0.1) is 17.8 Å². The molecule has 3 unspecified atom stereocenters. The Morgan fingerprint density at radius 2 is 1.89 bits per heavy atom. The van der Waals surface area contributed by atoms with Crippen molar-refractivity contribution in [2.75, 3.05) is 13.2 Å². The number of para-hydroxylation sites is 1. The fraction of sp³-hybridized carbons (Fsp3) is 0.696. The maximum absolute atomic E-state index is 6.25. The molecule has 4 heteroatoms. The summed E-state index contributed by atoms with van der Waals surface area (Å²) in [6.07, 6.45) is 10.6. The molecule has 2 bridgehead atoms. The van der Waals surface area contributed by atoms with Crippen molar-refractivity contribution in [1.29, 1.82) is 0 Å². The van der Waals surface area contributed by atoms with Gasteiger partial charge in [-0.25, -0.2) is 0 Å². The number of piperidine rings is 1. The fourth-order valence-electron chi connectivity index (χ4n) is 5.39. The lowest BCUT2D eigenvalue weighted by atomic mass is 9.98. The van der Waals surface area contributed by atoms with E-state index in [9.17, 15) is 0 Å². The predicted molar refractivity (Wildman–Crippen MR) is 109 cm³/mol. The van der Waals surface area contributed by atoms with E-state index in [4.69, 9.17) is 4.74 Å². The van der Waals surface area contributed by atoms with E-state index in [-0.39, 0.29) is 0 Å². The molecule has 1 saturated carbocycles. The summed E-state index contributed by atoms with van der Waals surface area (Å²) < 4.78 is 8.47. The van der Waals surface area contributed by atoms with E-state index in [2.05, 4.69) is 46.7 Å². The predicted octanol–water partition coefficient (Wildman–Crippen LogP) is 4.40. The number of nitrogens with zero attached hydrogens (tertiary/aromatic N) is 3. The van der Waals surface area contributed by atoms with Gasteiger partial charge in [-0.05, 0) is 62.8 Å². The van der Waals surface area contributed by atoms with Gasteiger partial charge in [-0.2, -0.15) is 5.10 Å². The molecule has 2 aliphatic heterocycles. The molecule has 1 aliphatic carbocycles. The summed E-state index contributed by atoms with van der Waals surface area (Å²) in [7, 11) is 0. The van der Waals surface area contributed by atoms with Crippen LogP contribution in [0.1, 0.15) is 51.0 Å². The number of fused-ring (bicyclic) bond motifs is 3. The van der Waals surface area contributed by atoms with Gasteiger partial charge in [0.25, 0.3) is 0 Å². The molecule has 3 aliphatic rings. The van der Waals surface area contributed by atoms with Gasteiger partial charge in [0, 0.05) is 37.2 Å². The van der Waals surface area contributed by atoms with E-state index in [1.807, 2.05) is 6.20 Å².